The van der Waals surface area contributed by atoms with Crippen LogP contribution >= 0.6 is 0 Å². The smallest absolute Gasteiger partial charge is 0.306 e. The molecule has 0 aromatic rings. The van der Waals surface area contributed by atoms with Crippen molar-refractivity contribution in [2.75, 3.05) is 13.2 Å². The average Bonchev–Trinajstić information content (AvgIpc) is 3.15. The van der Waals surface area contributed by atoms with Crippen LogP contribution in [0.3, 0.4) is 0 Å². The van der Waals surface area contributed by atoms with E-state index in [0.717, 1.165) is 109 Å². The van der Waals surface area contributed by atoms with Crippen LogP contribution in [0.5, 0.6) is 0 Å². The van der Waals surface area contributed by atoms with Crippen LogP contribution < -0.4 is 0 Å². The second-order valence-electron chi connectivity index (χ2n) is 14.3. The number of rotatable bonds is 38. The van der Waals surface area contributed by atoms with Crippen LogP contribution in [0.2, 0.25) is 0 Å². The van der Waals surface area contributed by atoms with Gasteiger partial charge in [-0.05, 0) is 77.0 Å². The molecule has 0 amide bonds. The summed E-state index contributed by atoms with van der Waals surface area (Å²) in [7, 11) is 0. The maximum absolute atomic E-state index is 12.7. The van der Waals surface area contributed by atoms with E-state index in [0.29, 0.717) is 19.3 Å². The summed E-state index contributed by atoms with van der Waals surface area (Å²) >= 11 is 0. The zero-order chi connectivity index (χ0) is 38.7. The average molecular weight is 741 g/mol. The van der Waals surface area contributed by atoms with Gasteiger partial charge in [0.25, 0.3) is 0 Å². The van der Waals surface area contributed by atoms with Gasteiger partial charge in [0.15, 0.2) is 6.10 Å². The van der Waals surface area contributed by atoms with Gasteiger partial charge < -0.3 is 14.2 Å². The molecule has 0 heterocycles. The topological polar surface area (TPSA) is 78.9 Å². The fourth-order valence-corrected chi connectivity index (χ4v) is 5.70. The molecule has 0 radical (unpaired) electrons. The van der Waals surface area contributed by atoms with Crippen molar-refractivity contribution in [1.82, 2.24) is 0 Å². The molecular formula is C47H80O6. The second kappa shape index (κ2) is 41.9. The van der Waals surface area contributed by atoms with Crippen molar-refractivity contribution < 1.29 is 28.6 Å². The molecule has 0 aliphatic rings. The fraction of sp³-hybridized carbons (Fsp3) is 0.723. The molecule has 1 atom stereocenters. The number of carbonyl (C=O) groups is 3. The molecule has 0 fully saturated rings. The molecule has 0 aliphatic heterocycles. The molecule has 0 aromatic carbocycles. The number of allylic oxidation sites excluding steroid dienone is 10. The lowest BCUT2D eigenvalue weighted by atomic mass is 10.1. The number of hydrogen-bond acceptors (Lipinski definition) is 6. The van der Waals surface area contributed by atoms with Crippen molar-refractivity contribution in [3.05, 3.63) is 60.8 Å². The van der Waals surface area contributed by atoms with Crippen LogP contribution in [0, 0.1) is 0 Å². The van der Waals surface area contributed by atoms with Crippen molar-refractivity contribution >= 4 is 17.9 Å². The summed E-state index contributed by atoms with van der Waals surface area (Å²) < 4.78 is 16.6. The quantitative estimate of drug-likeness (QED) is 0.0206. The SMILES string of the molecule is CC\C=C/C=C\C=C/CCCCCCCCCC(=O)OCC(COC(=O)CCCCCC/C=C\CCCC)OC(=O)CCCCCC/C=C\CCCC. The molecule has 0 rings (SSSR count). The molecule has 6 heteroatoms. The molecule has 0 bridgehead atoms. The molecule has 0 saturated carbocycles. The van der Waals surface area contributed by atoms with Gasteiger partial charge in [-0.3, -0.25) is 14.4 Å². The van der Waals surface area contributed by atoms with Gasteiger partial charge in [-0.25, -0.2) is 0 Å². The summed E-state index contributed by atoms with van der Waals surface area (Å²) in [5.74, 6) is -0.935. The Morgan fingerprint density at radius 1 is 0.396 bits per heavy atom. The predicted octanol–water partition coefficient (Wildman–Crippen LogP) is 13.7. The van der Waals surface area contributed by atoms with E-state index in [1.807, 2.05) is 0 Å². The Morgan fingerprint density at radius 2 is 0.755 bits per heavy atom. The van der Waals surface area contributed by atoms with E-state index in [9.17, 15) is 14.4 Å². The first-order valence-electron chi connectivity index (χ1n) is 21.8. The minimum atomic E-state index is -0.785. The Bertz CT molecular complexity index is 991. The predicted molar refractivity (Wildman–Crippen MR) is 224 cm³/mol. The molecule has 1 unspecified atom stereocenters. The molecule has 6 nitrogen and oxygen atoms in total. The van der Waals surface area contributed by atoms with Crippen molar-refractivity contribution in [2.45, 2.75) is 207 Å². The number of unbranched alkanes of at least 4 members (excludes halogenated alkanes) is 19. The van der Waals surface area contributed by atoms with E-state index in [-0.39, 0.29) is 31.1 Å². The van der Waals surface area contributed by atoms with E-state index < -0.39 is 6.10 Å². The first-order valence-corrected chi connectivity index (χ1v) is 21.8. The Hall–Kier alpha value is -2.89. The first kappa shape index (κ1) is 50.1. The summed E-state index contributed by atoms with van der Waals surface area (Å²) in [6.45, 7) is 6.37. The van der Waals surface area contributed by atoms with E-state index in [1.165, 1.54) is 51.4 Å². The van der Waals surface area contributed by atoms with Gasteiger partial charge in [0.1, 0.15) is 13.2 Å². The van der Waals surface area contributed by atoms with Gasteiger partial charge in [0.2, 0.25) is 0 Å². The summed E-state index contributed by atoms with van der Waals surface area (Å²) in [5, 5.41) is 0. The minimum Gasteiger partial charge on any atom is -0.462 e. The van der Waals surface area contributed by atoms with Gasteiger partial charge in [0, 0.05) is 19.3 Å². The van der Waals surface area contributed by atoms with Crippen LogP contribution in [-0.2, 0) is 28.6 Å². The van der Waals surface area contributed by atoms with Crippen LogP contribution in [0.15, 0.2) is 60.8 Å². The number of hydrogen-bond donors (Lipinski definition) is 0. The molecule has 0 aromatic heterocycles. The molecule has 0 aliphatic carbocycles. The largest absolute Gasteiger partial charge is 0.462 e. The Balaban J connectivity index is 4.39. The summed E-state index contributed by atoms with van der Waals surface area (Å²) in [6.07, 6.45) is 49.2. The molecule has 53 heavy (non-hydrogen) atoms. The van der Waals surface area contributed by atoms with E-state index in [1.54, 1.807) is 0 Å². The van der Waals surface area contributed by atoms with Gasteiger partial charge in [-0.15, -0.1) is 0 Å². The zero-order valence-electron chi connectivity index (χ0n) is 34.5. The van der Waals surface area contributed by atoms with Crippen LogP contribution in [0.1, 0.15) is 201 Å². The van der Waals surface area contributed by atoms with E-state index in [4.69, 9.17) is 14.2 Å². The summed E-state index contributed by atoms with van der Waals surface area (Å²) in [5.41, 5.74) is 0. The molecular weight excluding hydrogens is 661 g/mol. The Kier molecular flexibility index (Phi) is 39.6. The van der Waals surface area contributed by atoms with Crippen molar-refractivity contribution in [2.24, 2.45) is 0 Å². The van der Waals surface area contributed by atoms with Crippen molar-refractivity contribution in [3.8, 4) is 0 Å². The second-order valence-corrected chi connectivity index (χ2v) is 14.3. The summed E-state index contributed by atoms with van der Waals surface area (Å²) in [6, 6.07) is 0. The standard InChI is InChI=1S/C47H80O6/c1-4-7-10-13-16-19-22-23-24-25-26-29-31-34-37-40-46(49)52-43-44(53-47(50)41-38-35-32-28-21-18-15-12-9-6-3)42-51-45(48)39-36-33-30-27-20-17-14-11-8-5-2/h7,10,13-19,22,44H,4-6,8-9,11-12,20-21,23-43H2,1-3H3/b10-7-,16-13-,17-14-,18-15-,22-19-. The first-order chi connectivity index (χ1) is 26.0. The van der Waals surface area contributed by atoms with Gasteiger partial charge in [-0.1, -0.05) is 165 Å². The normalized spacial score (nSPS) is 12.6. The lowest BCUT2D eigenvalue weighted by Crippen LogP contribution is -2.30. The van der Waals surface area contributed by atoms with Gasteiger partial charge in [0.05, 0.1) is 0 Å². The third-order valence-electron chi connectivity index (χ3n) is 9.04. The highest BCUT2D eigenvalue weighted by atomic mass is 16.6. The minimum absolute atomic E-state index is 0.0896. The van der Waals surface area contributed by atoms with E-state index >= 15 is 0 Å². The van der Waals surface area contributed by atoms with Crippen LogP contribution in [0.25, 0.3) is 0 Å². The van der Waals surface area contributed by atoms with Crippen LogP contribution in [-0.4, -0.2) is 37.2 Å². The highest BCUT2D eigenvalue weighted by Gasteiger charge is 2.19. The molecule has 304 valence electrons. The van der Waals surface area contributed by atoms with Crippen molar-refractivity contribution in [1.29, 1.82) is 0 Å². The molecule has 0 N–H and O–H groups in total. The summed E-state index contributed by atoms with van der Waals surface area (Å²) in [4.78, 5) is 37.6. The third kappa shape index (κ3) is 40.1. The van der Waals surface area contributed by atoms with E-state index in [2.05, 4.69) is 81.5 Å². The van der Waals surface area contributed by atoms with Gasteiger partial charge >= 0.3 is 17.9 Å². The Labute approximate surface area is 326 Å². The monoisotopic (exact) mass is 741 g/mol. The highest BCUT2D eigenvalue weighted by molar-refractivity contribution is 5.71. The van der Waals surface area contributed by atoms with Gasteiger partial charge in [-0.2, -0.15) is 0 Å². The van der Waals surface area contributed by atoms with Crippen molar-refractivity contribution in [3.63, 3.8) is 0 Å². The maximum atomic E-state index is 12.7. The lowest BCUT2D eigenvalue weighted by Gasteiger charge is -2.18. The van der Waals surface area contributed by atoms with Crippen LogP contribution in [0.4, 0.5) is 0 Å². The third-order valence-corrected chi connectivity index (χ3v) is 9.04. The maximum Gasteiger partial charge on any atom is 0.306 e. The Morgan fingerprint density at radius 3 is 1.19 bits per heavy atom. The molecule has 0 saturated heterocycles. The fourth-order valence-electron chi connectivity index (χ4n) is 5.70. The zero-order valence-corrected chi connectivity index (χ0v) is 34.5. The number of ether oxygens (including phenoxy) is 3. The highest BCUT2D eigenvalue weighted by Crippen LogP contribution is 2.13. The number of carbonyl (C=O) groups excluding carboxylic acids is 3. The lowest BCUT2D eigenvalue weighted by molar-refractivity contribution is -0.167. The molecule has 0 spiro atoms. The number of esters is 3.